The van der Waals surface area contributed by atoms with Crippen LogP contribution in [0, 0.1) is 5.92 Å². The van der Waals surface area contributed by atoms with Crippen molar-refractivity contribution < 1.29 is 9.47 Å². The molecule has 0 aromatic heterocycles. The van der Waals surface area contributed by atoms with Crippen LogP contribution in [0.25, 0.3) is 0 Å². The van der Waals surface area contributed by atoms with Crippen LogP contribution in [0.3, 0.4) is 0 Å². The van der Waals surface area contributed by atoms with Gasteiger partial charge in [0, 0.05) is 24.8 Å². The molecule has 2 heterocycles. The molecule has 1 aromatic rings. The van der Waals surface area contributed by atoms with E-state index in [1.54, 1.807) is 0 Å². The van der Waals surface area contributed by atoms with E-state index >= 15 is 0 Å². The quantitative estimate of drug-likeness (QED) is 0.904. The third-order valence-corrected chi connectivity index (χ3v) is 4.28. The fraction of sp³-hybridized carbons (Fsp3) is 0.625. The van der Waals surface area contributed by atoms with E-state index in [-0.39, 0.29) is 0 Å². The highest BCUT2D eigenvalue weighted by molar-refractivity contribution is 5.44. The van der Waals surface area contributed by atoms with Gasteiger partial charge in [-0.15, -0.1) is 0 Å². The minimum atomic E-state index is 0.375. The number of hydrogen-bond donors (Lipinski definition) is 1. The van der Waals surface area contributed by atoms with Crippen LogP contribution in [0.2, 0.25) is 0 Å². The summed E-state index contributed by atoms with van der Waals surface area (Å²) in [6.45, 7) is 2.69. The highest BCUT2D eigenvalue weighted by Gasteiger charge is 2.24. The van der Waals surface area contributed by atoms with E-state index in [0.717, 1.165) is 44.8 Å². The summed E-state index contributed by atoms with van der Waals surface area (Å²) >= 11 is 0. The van der Waals surface area contributed by atoms with Crippen LogP contribution in [-0.4, -0.2) is 26.9 Å². The molecule has 0 amide bonds. The summed E-state index contributed by atoms with van der Waals surface area (Å²) in [5.41, 5.74) is 2.69. The first kappa shape index (κ1) is 12.9. The standard InChI is InChI=1S/C16H23NO2/c1-17-15(10-12-7-9-18-11-12)14-6-2-4-13-5-3-8-19-16(13)14/h2,4,6,12,15,17H,3,5,7-11H2,1H3. The summed E-state index contributed by atoms with van der Waals surface area (Å²) in [5.74, 6) is 1.81. The Bertz CT molecular complexity index is 427. The van der Waals surface area contributed by atoms with Gasteiger partial charge in [0.15, 0.2) is 0 Å². The monoisotopic (exact) mass is 261 g/mol. The van der Waals surface area contributed by atoms with Crippen molar-refractivity contribution in [2.45, 2.75) is 31.7 Å². The van der Waals surface area contributed by atoms with E-state index in [2.05, 4.69) is 23.5 Å². The number of rotatable bonds is 4. The summed E-state index contributed by atoms with van der Waals surface area (Å²) in [5, 5.41) is 3.46. The molecule has 3 nitrogen and oxygen atoms in total. The van der Waals surface area contributed by atoms with E-state index in [0.29, 0.717) is 12.0 Å². The second kappa shape index (κ2) is 5.93. The predicted octanol–water partition coefficient (Wildman–Crippen LogP) is 2.70. The molecule has 2 unspecified atom stereocenters. The maximum Gasteiger partial charge on any atom is 0.127 e. The van der Waals surface area contributed by atoms with Gasteiger partial charge in [0.05, 0.1) is 6.61 Å². The summed E-state index contributed by atoms with van der Waals surface area (Å²) in [6, 6.07) is 6.95. The van der Waals surface area contributed by atoms with Gasteiger partial charge in [-0.25, -0.2) is 0 Å². The molecule has 1 aromatic carbocycles. The largest absolute Gasteiger partial charge is 0.493 e. The predicted molar refractivity (Wildman–Crippen MR) is 75.6 cm³/mol. The van der Waals surface area contributed by atoms with E-state index in [1.807, 2.05) is 7.05 Å². The van der Waals surface area contributed by atoms with E-state index in [9.17, 15) is 0 Å². The van der Waals surface area contributed by atoms with Crippen molar-refractivity contribution in [3.63, 3.8) is 0 Å². The Morgan fingerprint density at radius 2 is 2.32 bits per heavy atom. The summed E-state index contributed by atoms with van der Waals surface area (Å²) < 4.78 is 11.4. The molecule has 1 fully saturated rings. The lowest BCUT2D eigenvalue weighted by atomic mass is 9.91. The number of benzene rings is 1. The number of nitrogens with one attached hydrogen (secondary N) is 1. The Morgan fingerprint density at radius 1 is 1.37 bits per heavy atom. The van der Waals surface area contributed by atoms with E-state index in [1.165, 1.54) is 17.5 Å². The molecule has 0 spiro atoms. The highest BCUT2D eigenvalue weighted by atomic mass is 16.5. The topological polar surface area (TPSA) is 30.5 Å². The second-order valence-corrected chi connectivity index (χ2v) is 5.59. The van der Waals surface area contributed by atoms with Gasteiger partial charge in [0.2, 0.25) is 0 Å². The highest BCUT2D eigenvalue weighted by Crippen LogP contribution is 2.36. The second-order valence-electron chi connectivity index (χ2n) is 5.59. The first-order valence-corrected chi connectivity index (χ1v) is 7.38. The summed E-state index contributed by atoms with van der Waals surface area (Å²) in [4.78, 5) is 0. The molecule has 19 heavy (non-hydrogen) atoms. The molecule has 104 valence electrons. The van der Waals surface area contributed by atoms with Crippen molar-refractivity contribution >= 4 is 0 Å². The average Bonchev–Trinajstić information content (AvgIpc) is 2.97. The fourth-order valence-corrected chi connectivity index (χ4v) is 3.19. The zero-order valence-electron chi connectivity index (χ0n) is 11.7. The van der Waals surface area contributed by atoms with Gasteiger partial charge in [-0.2, -0.15) is 0 Å². The molecule has 2 aliphatic rings. The van der Waals surface area contributed by atoms with Gasteiger partial charge in [-0.3, -0.25) is 0 Å². The Kier molecular flexibility index (Phi) is 4.04. The van der Waals surface area contributed by atoms with Crippen molar-refractivity contribution in [3.05, 3.63) is 29.3 Å². The smallest absolute Gasteiger partial charge is 0.127 e. The van der Waals surface area contributed by atoms with Gasteiger partial charge in [-0.05, 0) is 44.2 Å². The van der Waals surface area contributed by atoms with Crippen LogP contribution in [0.5, 0.6) is 5.75 Å². The Hall–Kier alpha value is -1.06. The van der Waals surface area contributed by atoms with Crippen LogP contribution >= 0.6 is 0 Å². The Labute approximate surface area is 115 Å². The van der Waals surface area contributed by atoms with Crippen molar-refractivity contribution in [1.29, 1.82) is 0 Å². The van der Waals surface area contributed by atoms with Gasteiger partial charge in [0.25, 0.3) is 0 Å². The SMILES string of the molecule is CNC(CC1CCOC1)c1cccc2c1OCCC2. The van der Waals surface area contributed by atoms with Gasteiger partial charge < -0.3 is 14.8 Å². The number of fused-ring (bicyclic) bond motifs is 1. The molecular formula is C16H23NO2. The minimum Gasteiger partial charge on any atom is -0.493 e. The first-order valence-electron chi connectivity index (χ1n) is 7.38. The molecular weight excluding hydrogens is 238 g/mol. The lowest BCUT2D eigenvalue weighted by molar-refractivity contribution is 0.181. The minimum absolute atomic E-state index is 0.375. The van der Waals surface area contributed by atoms with Crippen molar-refractivity contribution in [3.8, 4) is 5.75 Å². The number of ether oxygens (including phenoxy) is 2. The first-order chi connectivity index (χ1) is 9.38. The average molecular weight is 261 g/mol. The Balaban J connectivity index is 1.81. The molecule has 0 bridgehead atoms. The fourth-order valence-electron chi connectivity index (χ4n) is 3.19. The molecule has 3 rings (SSSR count). The molecule has 2 aliphatic heterocycles. The van der Waals surface area contributed by atoms with Crippen molar-refractivity contribution in [1.82, 2.24) is 5.32 Å². The molecule has 0 saturated carbocycles. The lowest BCUT2D eigenvalue weighted by Crippen LogP contribution is -2.22. The molecule has 2 atom stereocenters. The van der Waals surface area contributed by atoms with Gasteiger partial charge in [-0.1, -0.05) is 18.2 Å². The zero-order chi connectivity index (χ0) is 13.1. The molecule has 1 saturated heterocycles. The normalized spacial score (nSPS) is 23.7. The maximum absolute atomic E-state index is 5.93. The van der Waals surface area contributed by atoms with E-state index < -0.39 is 0 Å². The van der Waals surface area contributed by atoms with Crippen LogP contribution in [0.1, 0.15) is 36.4 Å². The maximum atomic E-state index is 5.93. The van der Waals surface area contributed by atoms with E-state index in [4.69, 9.17) is 9.47 Å². The van der Waals surface area contributed by atoms with Crippen molar-refractivity contribution in [2.75, 3.05) is 26.9 Å². The molecule has 3 heteroatoms. The summed E-state index contributed by atoms with van der Waals surface area (Å²) in [7, 11) is 2.04. The lowest BCUT2D eigenvalue weighted by Gasteiger charge is -2.26. The summed E-state index contributed by atoms with van der Waals surface area (Å²) in [6.07, 6.45) is 4.60. The molecule has 1 N–H and O–H groups in total. The van der Waals surface area contributed by atoms with Gasteiger partial charge in [0.1, 0.15) is 5.75 Å². The Morgan fingerprint density at radius 3 is 3.11 bits per heavy atom. The number of para-hydroxylation sites is 1. The van der Waals surface area contributed by atoms with Crippen molar-refractivity contribution in [2.24, 2.45) is 5.92 Å². The molecule has 0 radical (unpaired) electrons. The molecule has 0 aliphatic carbocycles. The zero-order valence-corrected chi connectivity index (χ0v) is 11.7. The number of aryl methyl sites for hydroxylation is 1. The number of hydrogen-bond acceptors (Lipinski definition) is 3. The third kappa shape index (κ3) is 2.77. The van der Waals surface area contributed by atoms with Crippen LogP contribution in [-0.2, 0) is 11.2 Å². The van der Waals surface area contributed by atoms with Gasteiger partial charge >= 0.3 is 0 Å². The van der Waals surface area contributed by atoms with Crippen LogP contribution in [0.15, 0.2) is 18.2 Å². The van der Waals surface area contributed by atoms with Crippen LogP contribution in [0.4, 0.5) is 0 Å². The third-order valence-electron chi connectivity index (χ3n) is 4.28. The van der Waals surface area contributed by atoms with Crippen LogP contribution < -0.4 is 10.1 Å².